The van der Waals surface area contributed by atoms with Gasteiger partial charge in [0.2, 0.25) is 0 Å². The van der Waals surface area contributed by atoms with Crippen molar-refractivity contribution in [3.05, 3.63) is 29.8 Å². The van der Waals surface area contributed by atoms with Crippen molar-refractivity contribution in [2.75, 3.05) is 0 Å². The van der Waals surface area contributed by atoms with E-state index in [-0.39, 0.29) is 0 Å². The van der Waals surface area contributed by atoms with Crippen molar-refractivity contribution in [2.24, 2.45) is 0 Å². The van der Waals surface area contributed by atoms with Crippen LogP contribution in [0.25, 0.3) is 0 Å². The van der Waals surface area contributed by atoms with Crippen molar-refractivity contribution >= 4 is 28.2 Å². The first-order valence-electron chi connectivity index (χ1n) is 4.57. The normalized spacial score (nSPS) is 11.3. The van der Waals surface area contributed by atoms with Gasteiger partial charge < -0.3 is 0 Å². The second-order valence-corrected chi connectivity index (χ2v) is 18.8. The van der Waals surface area contributed by atoms with Crippen LogP contribution >= 0.6 is 0 Å². The zero-order chi connectivity index (χ0) is 9.90. The topological polar surface area (TPSA) is 17.1 Å². The molecule has 0 aromatic heterocycles. The van der Waals surface area contributed by atoms with Crippen LogP contribution < -0.4 is 3.58 Å². The van der Waals surface area contributed by atoms with Crippen molar-refractivity contribution in [1.82, 2.24) is 0 Å². The average Bonchev–Trinajstić information content (AvgIpc) is 2.04. The van der Waals surface area contributed by atoms with Crippen LogP contribution in [0, 0.1) is 0 Å². The van der Waals surface area contributed by atoms with Gasteiger partial charge in [0.1, 0.15) is 0 Å². The number of carbonyl (C=O) groups excluding carboxylic acids is 1. The minimum atomic E-state index is -1.91. The molecule has 13 heavy (non-hydrogen) atoms. The molecule has 0 aliphatic rings. The molecule has 1 nitrogen and oxygen atoms in total. The Morgan fingerprint density at radius 2 is 2.00 bits per heavy atom. The van der Waals surface area contributed by atoms with Crippen molar-refractivity contribution in [2.45, 2.75) is 21.2 Å². The van der Waals surface area contributed by atoms with E-state index in [9.17, 15) is 4.79 Å². The Morgan fingerprint density at radius 3 is 2.54 bits per heavy atom. The summed E-state index contributed by atoms with van der Waals surface area (Å²) in [5, 5.41) is 0. The van der Waals surface area contributed by atoms with Gasteiger partial charge in [-0.2, -0.15) is 0 Å². The van der Waals surface area contributed by atoms with Crippen LogP contribution in [-0.2, 0) is 11.2 Å². The summed E-state index contributed by atoms with van der Waals surface area (Å²) >= 11 is -1.91. The maximum absolute atomic E-state index is 10.4. The van der Waals surface area contributed by atoms with Gasteiger partial charge >= 0.3 is 84.1 Å². The summed E-state index contributed by atoms with van der Waals surface area (Å²) < 4.78 is 1.49. The molecule has 1 aromatic rings. The monoisotopic (exact) mass is 284 g/mol. The number of rotatable bonds is 3. The molecular weight excluding hydrogens is 267 g/mol. The molecule has 0 aliphatic carbocycles. The first-order valence-corrected chi connectivity index (χ1v) is 14.6. The van der Waals surface area contributed by atoms with E-state index in [1.165, 1.54) is 3.58 Å². The second-order valence-electron chi connectivity index (χ2n) is 4.32. The number of carbonyl (C=O) groups is 1. The molecular formula is C11H16OSn. The van der Waals surface area contributed by atoms with E-state index in [1.807, 2.05) is 6.07 Å². The Hall–Kier alpha value is -0.311. The van der Waals surface area contributed by atoms with Gasteiger partial charge in [-0.25, -0.2) is 0 Å². The molecule has 0 spiro atoms. The molecule has 0 amide bonds. The van der Waals surface area contributed by atoms with Gasteiger partial charge in [-0.05, 0) is 0 Å². The van der Waals surface area contributed by atoms with E-state index < -0.39 is 18.4 Å². The summed E-state index contributed by atoms with van der Waals surface area (Å²) in [6, 6.07) is 8.49. The predicted molar refractivity (Wildman–Crippen MR) is 59.2 cm³/mol. The van der Waals surface area contributed by atoms with Crippen molar-refractivity contribution in [1.29, 1.82) is 0 Å². The Balaban J connectivity index is 2.98. The molecule has 0 atom stereocenters. The van der Waals surface area contributed by atoms with Crippen molar-refractivity contribution in [3.8, 4) is 0 Å². The zero-order valence-electron chi connectivity index (χ0n) is 8.50. The number of hydrogen-bond donors (Lipinski definition) is 0. The molecule has 0 saturated heterocycles. The zero-order valence-corrected chi connectivity index (χ0v) is 11.4. The first-order chi connectivity index (χ1) is 6.04. The minimum absolute atomic E-state index is 0.551. The van der Waals surface area contributed by atoms with Gasteiger partial charge in [0.15, 0.2) is 0 Å². The van der Waals surface area contributed by atoms with Gasteiger partial charge in [0.05, 0.1) is 0 Å². The molecule has 0 radical (unpaired) electrons. The summed E-state index contributed by atoms with van der Waals surface area (Å²) in [4.78, 5) is 17.5. The fourth-order valence-electron chi connectivity index (χ4n) is 1.26. The predicted octanol–water partition coefficient (Wildman–Crippen LogP) is 1.97. The molecule has 0 fully saturated rings. The standard InChI is InChI=1S/C8H7O.3CH3.Sn/c9-7-6-8-4-2-1-3-5-8;;;;/h1-2,4-5,7H,6H2;3*1H3;. The molecule has 0 N–H and O–H groups in total. The number of benzene rings is 1. The van der Waals surface area contributed by atoms with Crippen LogP contribution in [0.1, 0.15) is 5.56 Å². The van der Waals surface area contributed by atoms with Crippen LogP contribution in [0.5, 0.6) is 0 Å². The first kappa shape index (κ1) is 10.8. The van der Waals surface area contributed by atoms with E-state index in [0.29, 0.717) is 6.42 Å². The molecule has 0 heterocycles. The van der Waals surface area contributed by atoms with E-state index in [4.69, 9.17) is 0 Å². The van der Waals surface area contributed by atoms with Gasteiger partial charge in [0.25, 0.3) is 0 Å². The van der Waals surface area contributed by atoms with Gasteiger partial charge in [0, 0.05) is 0 Å². The molecule has 0 aliphatic heterocycles. The summed E-state index contributed by atoms with van der Waals surface area (Å²) in [5.41, 5.74) is 1.15. The fraction of sp³-hybridized carbons (Fsp3) is 0.364. The summed E-state index contributed by atoms with van der Waals surface area (Å²) in [7, 11) is 0. The van der Waals surface area contributed by atoms with Gasteiger partial charge in [-0.3, -0.25) is 0 Å². The molecule has 1 aromatic carbocycles. The summed E-state index contributed by atoms with van der Waals surface area (Å²) in [5.74, 6) is 0. The SMILES string of the molecule is [CH3][Sn]([CH3])([CH3])[c]1cccc(CC=O)c1. The van der Waals surface area contributed by atoms with Gasteiger partial charge in [-0.15, -0.1) is 0 Å². The fourth-order valence-corrected chi connectivity index (χ4v) is 4.73. The van der Waals surface area contributed by atoms with Crippen LogP contribution in [0.15, 0.2) is 24.3 Å². The third kappa shape index (κ3) is 3.14. The molecule has 1 rings (SSSR count). The van der Waals surface area contributed by atoms with E-state index >= 15 is 0 Å². The molecule has 2 heteroatoms. The number of aldehydes is 1. The quantitative estimate of drug-likeness (QED) is 0.612. The van der Waals surface area contributed by atoms with Crippen LogP contribution in [0.3, 0.4) is 0 Å². The van der Waals surface area contributed by atoms with Gasteiger partial charge in [-0.1, -0.05) is 0 Å². The maximum atomic E-state index is 10.4. The van der Waals surface area contributed by atoms with Crippen LogP contribution in [0.2, 0.25) is 14.8 Å². The summed E-state index contributed by atoms with van der Waals surface area (Å²) in [6.07, 6.45) is 1.52. The molecule has 0 bridgehead atoms. The van der Waals surface area contributed by atoms with E-state index in [0.717, 1.165) is 11.8 Å². The Labute approximate surface area is 84.0 Å². The second kappa shape index (κ2) is 4.27. The summed E-state index contributed by atoms with van der Waals surface area (Å²) in [6.45, 7) is 0. The number of hydrogen-bond acceptors (Lipinski definition) is 1. The molecule has 70 valence electrons. The Kier molecular flexibility index (Phi) is 3.54. The van der Waals surface area contributed by atoms with Crippen molar-refractivity contribution < 1.29 is 4.79 Å². The van der Waals surface area contributed by atoms with Crippen molar-refractivity contribution in [3.63, 3.8) is 0 Å². The van der Waals surface area contributed by atoms with E-state index in [1.54, 1.807) is 0 Å². The third-order valence-corrected chi connectivity index (χ3v) is 7.94. The molecule has 0 saturated carbocycles. The Bertz CT molecular complexity index is 299. The van der Waals surface area contributed by atoms with E-state index in [2.05, 4.69) is 33.0 Å². The van der Waals surface area contributed by atoms with Crippen LogP contribution in [0.4, 0.5) is 0 Å². The Morgan fingerprint density at radius 1 is 1.31 bits per heavy atom. The van der Waals surface area contributed by atoms with Crippen LogP contribution in [-0.4, -0.2) is 24.7 Å². The molecule has 0 unspecified atom stereocenters. The third-order valence-electron chi connectivity index (χ3n) is 2.11. The average molecular weight is 283 g/mol.